The number of nitrogens with zero attached hydrogens (tertiary/aromatic N) is 2. The number of aliphatic carboxylic acids is 1. The van der Waals surface area contributed by atoms with E-state index in [1.54, 1.807) is 12.4 Å². The number of carboxylic acid groups (broad SMARTS) is 1. The first-order valence-electron chi connectivity index (χ1n) is 5.47. The van der Waals surface area contributed by atoms with Gasteiger partial charge in [0, 0.05) is 5.56 Å². The average Bonchev–Trinajstić information content (AvgIpc) is 2.39. The summed E-state index contributed by atoms with van der Waals surface area (Å²) in [5.41, 5.74) is 1.11. The van der Waals surface area contributed by atoms with Crippen molar-refractivity contribution >= 4 is 5.97 Å². The Balaban J connectivity index is 2.14. The van der Waals surface area contributed by atoms with Crippen LogP contribution in [0.4, 0.5) is 0 Å². The molecule has 92 valence electrons. The van der Waals surface area contributed by atoms with Crippen LogP contribution in [0.15, 0.2) is 48.9 Å². The first-order chi connectivity index (χ1) is 8.75. The highest BCUT2D eigenvalue weighted by molar-refractivity contribution is 5.68. The monoisotopic (exact) mass is 245 g/mol. The number of hydrogen-bond donors (Lipinski definition) is 1. The first kappa shape index (κ1) is 12.0. The highest BCUT2D eigenvalue weighted by Gasteiger charge is 2.13. The van der Waals surface area contributed by atoms with E-state index in [1.165, 1.54) is 6.20 Å². The molecule has 0 bridgehead atoms. The molecular weight excluding hydrogens is 232 g/mol. The summed E-state index contributed by atoms with van der Waals surface area (Å²) in [6.07, 6.45) is 4.90. The molecule has 0 aliphatic heterocycles. The van der Waals surface area contributed by atoms with E-state index in [2.05, 4.69) is 4.98 Å². The van der Waals surface area contributed by atoms with Gasteiger partial charge in [-0.05, 0) is 0 Å². The first-order valence-corrected chi connectivity index (χ1v) is 5.47. The minimum Gasteiger partial charge on any atom is -0.479 e. The van der Waals surface area contributed by atoms with Crippen LogP contribution in [0.5, 0.6) is 5.88 Å². The van der Waals surface area contributed by atoms with E-state index in [9.17, 15) is 4.79 Å². The van der Waals surface area contributed by atoms with Crippen LogP contribution in [0.25, 0.3) is 0 Å². The second kappa shape index (κ2) is 5.77. The summed E-state index contributed by atoms with van der Waals surface area (Å²) >= 11 is 0. The van der Waals surface area contributed by atoms with Gasteiger partial charge in [0.2, 0.25) is 0 Å². The van der Waals surface area contributed by atoms with Crippen LogP contribution in [0.3, 0.4) is 0 Å². The van der Waals surface area contributed by atoms with Gasteiger partial charge in [-0.15, -0.1) is 0 Å². The van der Waals surface area contributed by atoms with Crippen molar-refractivity contribution in [1.82, 2.24) is 4.98 Å². The predicted molar refractivity (Wildman–Crippen MR) is 63.1 cm³/mol. The van der Waals surface area contributed by atoms with Crippen LogP contribution in [0, 0.1) is 0 Å². The maximum Gasteiger partial charge on any atom is 0.387 e. The maximum atomic E-state index is 10.5. The van der Waals surface area contributed by atoms with Gasteiger partial charge in [0.1, 0.15) is 6.20 Å². The molecule has 0 aliphatic carbocycles. The molecule has 0 atom stereocenters. The molecule has 2 rings (SSSR count). The lowest BCUT2D eigenvalue weighted by molar-refractivity contribution is -0.693. The highest BCUT2D eigenvalue weighted by Crippen LogP contribution is 2.03. The molecule has 0 aliphatic rings. The van der Waals surface area contributed by atoms with Crippen LogP contribution in [-0.4, -0.2) is 22.7 Å². The van der Waals surface area contributed by atoms with Crippen molar-refractivity contribution in [3.63, 3.8) is 0 Å². The summed E-state index contributed by atoms with van der Waals surface area (Å²) in [6, 6.07) is 9.84. The largest absolute Gasteiger partial charge is 0.479 e. The van der Waals surface area contributed by atoms with Crippen molar-refractivity contribution in [1.29, 1.82) is 0 Å². The van der Waals surface area contributed by atoms with Crippen molar-refractivity contribution in [2.75, 3.05) is 6.61 Å². The molecule has 18 heavy (non-hydrogen) atoms. The van der Waals surface area contributed by atoms with Gasteiger partial charge in [-0.2, -0.15) is 4.57 Å². The van der Waals surface area contributed by atoms with Gasteiger partial charge in [-0.25, -0.2) is 9.78 Å². The van der Waals surface area contributed by atoms with E-state index >= 15 is 0 Å². The number of benzene rings is 1. The number of rotatable bonds is 5. The number of hydrogen-bond acceptors (Lipinski definition) is 3. The van der Waals surface area contributed by atoms with Crippen molar-refractivity contribution in [3.8, 4) is 5.88 Å². The minimum atomic E-state index is -1.01. The quantitative estimate of drug-likeness (QED) is 0.794. The molecule has 5 nitrogen and oxygen atoms in total. The zero-order valence-corrected chi connectivity index (χ0v) is 9.69. The Kier molecular flexibility index (Phi) is 3.86. The molecular formula is C13H13N2O3+. The van der Waals surface area contributed by atoms with E-state index in [4.69, 9.17) is 9.84 Å². The number of aromatic nitrogens is 2. The van der Waals surface area contributed by atoms with Gasteiger partial charge >= 0.3 is 11.8 Å². The smallest absolute Gasteiger partial charge is 0.387 e. The molecule has 0 fully saturated rings. The summed E-state index contributed by atoms with van der Waals surface area (Å²) < 4.78 is 6.98. The van der Waals surface area contributed by atoms with E-state index in [0.717, 1.165) is 5.56 Å². The lowest BCUT2D eigenvalue weighted by Gasteiger charge is -2.03. The molecule has 5 heteroatoms. The zero-order valence-electron chi connectivity index (χ0n) is 9.69. The molecule has 1 aromatic heterocycles. The van der Waals surface area contributed by atoms with Gasteiger partial charge in [0.25, 0.3) is 0 Å². The highest BCUT2D eigenvalue weighted by atomic mass is 16.5. The van der Waals surface area contributed by atoms with Gasteiger partial charge in [0.05, 0.1) is 6.20 Å². The van der Waals surface area contributed by atoms with E-state index in [-0.39, 0.29) is 6.61 Å². The van der Waals surface area contributed by atoms with E-state index < -0.39 is 5.97 Å². The standard InChI is InChI=1S/C13H12N2O3/c16-13(17)10-18-12-8-14-6-7-15(12)9-11-4-2-1-3-5-11/h1-8H,9-10H2/p+1. The van der Waals surface area contributed by atoms with Crippen LogP contribution in [0.1, 0.15) is 5.56 Å². The third kappa shape index (κ3) is 3.28. The van der Waals surface area contributed by atoms with Crippen LogP contribution in [0.2, 0.25) is 0 Å². The fourth-order valence-electron chi connectivity index (χ4n) is 1.54. The molecule has 1 N–H and O–H groups in total. The van der Waals surface area contributed by atoms with Crippen molar-refractivity contribution in [2.45, 2.75) is 6.54 Å². The summed E-state index contributed by atoms with van der Waals surface area (Å²) in [4.78, 5) is 14.4. The normalized spacial score (nSPS) is 10.0. The number of carbonyl (C=O) groups is 1. The third-order valence-electron chi connectivity index (χ3n) is 2.34. The predicted octanol–water partition coefficient (Wildman–Crippen LogP) is 0.881. The SMILES string of the molecule is O=C(O)COc1cncc[n+]1Cc1ccccc1. The molecule has 1 heterocycles. The summed E-state index contributed by atoms with van der Waals surface area (Å²) in [6.45, 7) is 0.235. The van der Waals surface area contributed by atoms with Crippen LogP contribution in [-0.2, 0) is 11.3 Å². The van der Waals surface area contributed by atoms with Gasteiger partial charge in [-0.1, -0.05) is 30.3 Å². The summed E-state index contributed by atoms with van der Waals surface area (Å²) in [5.74, 6) is -0.575. The number of ether oxygens (including phenoxy) is 1. The zero-order chi connectivity index (χ0) is 12.8. The topological polar surface area (TPSA) is 63.3 Å². The third-order valence-corrected chi connectivity index (χ3v) is 2.34. The maximum absolute atomic E-state index is 10.5. The molecule has 0 unspecified atom stereocenters. The molecule has 0 spiro atoms. The van der Waals surface area contributed by atoms with Crippen LogP contribution >= 0.6 is 0 Å². The minimum absolute atomic E-state index is 0.375. The molecule has 2 aromatic rings. The Morgan fingerprint density at radius 1 is 1.33 bits per heavy atom. The second-order valence-electron chi connectivity index (χ2n) is 3.71. The molecule has 0 saturated carbocycles. The molecule has 0 radical (unpaired) electrons. The number of carboxylic acids is 1. The molecule has 1 aromatic carbocycles. The van der Waals surface area contributed by atoms with Gasteiger partial charge in [0.15, 0.2) is 19.3 Å². The van der Waals surface area contributed by atoms with Gasteiger partial charge < -0.3 is 9.84 Å². The lowest BCUT2D eigenvalue weighted by atomic mass is 10.2. The average molecular weight is 245 g/mol. The molecule has 0 saturated heterocycles. The Hall–Kier alpha value is -2.43. The van der Waals surface area contributed by atoms with Crippen molar-refractivity contribution in [2.24, 2.45) is 0 Å². The Bertz CT molecular complexity index is 529. The Labute approximate surface area is 104 Å². The Morgan fingerprint density at radius 2 is 2.11 bits per heavy atom. The van der Waals surface area contributed by atoms with Gasteiger partial charge in [-0.3, -0.25) is 0 Å². The second-order valence-corrected chi connectivity index (χ2v) is 3.71. The summed E-state index contributed by atoms with van der Waals surface area (Å²) in [5, 5.41) is 8.60. The molecule has 0 amide bonds. The fourth-order valence-corrected chi connectivity index (χ4v) is 1.54. The summed E-state index contributed by atoms with van der Waals surface area (Å²) in [7, 11) is 0. The lowest BCUT2D eigenvalue weighted by Crippen LogP contribution is -2.36. The van der Waals surface area contributed by atoms with Crippen molar-refractivity contribution < 1.29 is 19.2 Å². The van der Waals surface area contributed by atoms with E-state index in [1.807, 2.05) is 34.9 Å². The Morgan fingerprint density at radius 3 is 2.83 bits per heavy atom. The fraction of sp³-hybridized carbons (Fsp3) is 0.154. The van der Waals surface area contributed by atoms with E-state index in [0.29, 0.717) is 12.4 Å². The van der Waals surface area contributed by atoms with Crippen molar-refractivity contribution in [3.05, 3.63) is 54.5 Å². The van der Waals surface area contributed by atoms with Crippen LogP contribution < -0.4 is 9.30 Å².